The molecular weight excluding hydrogens is 270 g/mol. The third kappa shape index (κ3) is 6.44. The summed E-state index contributed by atoms with van der Waals surface area (Å²) in [7, 11) is 0. The number of benzene rings is 1. The summed E-state index contributed by atoms with van der Waals surface area (Å²) >= 11 is 1.72. The van der Waals surface area contributed by atoms with Crippen molar-refractivity contribution in [3.05, 3.63) is 29.8 Å². The number of hydrogen-bond acceptors (Lipinski definition) is 3. The van der Waals surface area contributed by atoms with Crippen LogP contribution in [0.5, 0.6) is 0 Å². The third-order valence-corrected chi connectivity index (χ3v) is 3.63. The summed E-state index contributed by atoms with van der Waals surface area (Å²) in [6.45, 7) is 9.60. The van der Waals surface area contributed by atoms with Gasteiger partial charge in [0.05, 0.1) is 11.7 Å². The van der Waals surface area contributed by atoms with Crippen molar-refractivity contribution in [2.24, 2.45) is 0 Å². The van der Waals surface area contributed by atoms with Crippen molar-refractivity contribution in [3.8, 4) is 0 Å². The lowest BCUT2D eigenvalue weighted by Crippen LogP contribution is -2.26. The lowest BCUT2D eigenvalue weighted by molar-refractivity contribution is 0.0757. The Balaban J connectivity index is 2.47. The van der Waals surface area contributed by atoms with Crippen molar-refractivity contribution >= 4 is 17.7 Å². The predicted molar refractivity (Wildman–Crippen MR) is 85.5 cm³/mol. The van der Waals surface area contributed by atoms with Gasteiger partial charge in [-0.05, 0) is 32.4 Å². The first-order valence-electron chi connectivity index (χ1n) is 7.16. The van der Waals surface area contributed by atoms with E-state index in [-0.39, 0.29) is 12.0 Å². The highest BCUT2D eigenvalue weighted by atomic mass is 32.2. The highest BCUT2D eigenvalue weighted by Gasteiger charge is 2.11. The zero-order valence-electron chi connectivity index (χ0n) is 12.8. The van der Waals surface area contributed by atoms with E-state index >= 15 is 0 Å². The number of rotatable bonds is 8. The average molecular weight is 295 g/mol. The second-order valence-corrected chi connectivity index (χ2v) is 6.81. The molecule has 3 nitrogen and oxygen atoms in total. The van der Waals surface area contributed by atoms with Crippen LogP contribution in [0.4, 0.5) is 0 Å². The van der Waals surface area contributed by atoms with E-state index in [1.807, 2.05) is 38.1 Å². The molecule has 1 rings (SSSR count). The Morgan fingerprint density at radius 1 is 1.25 bits per heavy atom. The molecule has 0 aromatic heterocycles. The Morgan fingerprint density at radius 3 is 2.60 bits per heavy atom. The molecule has 0 unspecified atom stereocenters. The number of carbonyl (C=O) groups excluding carboxylic acids is 1. The summed E-state index contributed by atoms with van der Waals surface area (Å²) in [5.74, 6) is -0.00158. The van der Waals surface area contributed by atoms with Gasteiger partial charge in [0.25, 0.3) is 5.91 Å². The largest absolute Gasteiger partial charge is 0.379 e. The highest BCUT2D eigenvalue weighted by Crippen LogP contribution is 2.26. The molecule has 0 bridgehead atoms. The second-order valence-electron chi connectivity index (χ2n) is 5.19. The molecule has 0 fully saturated rings. The fourth-order valence-electron chi connectivity index (χ4n) is 1.70. The summed E-state index contributed by atoms with van der Waals surface area (Å²) in [4.78, 5) is 13.2. The molecule has 0 heterocycles. The predicted octanol–water partition coefficient (Wildman–Crippen LogP) is 3.73. The van der Waals surface area contributed by atoms with Gasteiger partial charge in [-0.2, -0.15) is 0 Å². The maximum atomic E-state index is 12.2. The first kappa shape index (κ1) is 17.1. The molecule has 0 aliphatic carbocycles. The van der Waals surface area contributed by atoms with Gasteiger partial charge in [0, 0.05) is 23.3 Å². The van der Waals surface area contributed by atoms with Gasteiger partial charge in [0.1, 0.15) is 0 Å². The van der Waals surface area contributed by atoms with E-state index in [4.69, 9.17) is 4.74 Å². The first-order valence-corrected chi connectivity index (χ1v) is 8.04. The van der Waals surface area contributed by atoms with Crippen LogP contribution in [-0.4, -0.2) is 30.4 Å². The van der Waals surface area contributed by atoms with Gasteiger partial charge in [-0.25, -0.2) is 0 Å². The molecule has 1 aromatic rings. The summed E-state index contributed by atoms with van der Waals surface area (Å²) in [5, 5.41) is 3.42. The second kappa shape index (κ2) is 9.03. The fraction of sp³-hybridized carbons (Fsp3) is 0.562. The van der Waals surface area contributed by atoms with Crippen LogP contribution in [0.15, 0.2) is 29.2 Å². The van der Waals surface area contributed by atoms with Crippen LogP contribution >= 0.6 is 11.8 Å². The van der Waals surface area contributed by atoms with Crippen LogP contribution in [0, 0.1) is 0 Å². The Kier molecular flexibility index (Phi) is 7.70. The maximum absolute atomic E-state index is 12.2. The van der Waals surface area contributed by atoms with Crippen molar-refractivity contribution in [1.82, 2.24) is 5.32 Å². The SMILES string of the molecule is CC(C)OCCCNC(=O)c1ccccc1SC(C)C. The van der Waals surface area contributed by atoms with E-state index in [9.17, 15) is 4.79 Å². The molecule has 0 radical (unpaired) electrons. The third-order valence-electron chi connectivity index (χ3n) is 2.55. The molecule has 1 N–H and O–H groups in total. The molecule has 1 amide bonds. The molecule has 0 saturated carbocycles. The van der Waals surface area contributed by atoms with Gasteiger partial charge in [-0.15, -0.1) is 11.8 Å². The molecule has 0 atom stereocenters. The van der Waals surface area contributed by atoms with Gasteiger partial charge in [0.2, 0.25) is 0 Å². The summed E-state index contributed by atoms with van der Waals surface area (Å²) in [6.07, 6.45) is 1.08. The Labute approximate surface area is 126 Å². The van der Waals surface area contributed by atoms with E-state index in [1.165, 1.54) is 0 Å². The average Bonchev–Trinajstić information content (AvgIpc) is 2.37. The number of thioether (sulfide) groups is 1. The van der Waals surface area contributed by atoms with Crippen LogP contribution in [0.3, 0.4) is 0 Å². The van der Waals surface area contributed by atoms with Crippen molar-refractivity contribution in [3.63, 3.8) is 0 Å². The molecule has 0 aliphatic heterocycles. The molecular formula is C16H25NO2S. The lowest BCUT2D eigenvalue weighted by Gasteiger charge is -2.12. The smallest absolute Gasteiger partial charge is 0.252 e. The van der Waals surface area contributed by atoms with E-state index in [0.29, 0.717) is 18.4 Å². The van der Waals surface area contributed by atoms with Gasteiger partial charge >= 0.3 is 0 Å². The number of hydrogen-bond donors (Lipinski definition) is 1. The normalized spacial score (nSPS) is 11.1. The first-order chi connectivity index (χ1) is 9.50. The van der Waals surface area contributed by atoms with E-state index in [0.717, 1.165) is 16.9 Å². The number of carbonyl (C=O) groups is 1. The van der Waals surface area contributed by atoms with Crippen molar-refractivity contribution in [2.75, 3.05) is 13.2 Å². The number of amides is 1. The standard InChI is InChI=1S/C16H25NO2S/c1-12(2)19-11-7-10-17-16(18)14-8-5-6-9-15(14)20-13(3)4/h5-6,8-9,12-13H,7,10-11H2,1-4H3,(H,17,18). The topological polar surface area (TPSA) is 38.3 Å². The summed E-state index contributed by atoms with van der Waals surface area (Å²) in [6, 6.07) is 7.76. The van der Waals surface area contributed by atoms with Crippen molar-refractivity contribution < 1.29 is 9.53 Å². The van der Waals surface area contributed by atoms with Gasteiger partial charge < -0.3 is 10.1 Å². The minimum absolute atomic E-state index is 0.00158. The number of ether oxygens (including phenoxy) is 1. The minimum Gasteiger partial charge on any atom is -0.379 e. The monoisotopic (exact) mass is 295 g/mol. The maximum Gasteiger partial charge on any atom is 0.252 e. The van der Waals surface area contributed by atoms with Crippen LogP contribution in [0.2, 0.25) is 0 Å². The molecule has 20 heavy (non-hydrogen) atoms. The highest BCUT2D eigenvalue weighted by molar-refractivity contribution is 8.00. The van der Waals surface area contributed by atoms with Crippen LogP contribution < -0.4 is 5.32 Å². The van der Waals surface area contributed by atoms with Crippen LogP contribution in [-0.2, 0) is 4.74 Å². The molecule has 0 spiro atoms. The van der Waals surface area contributed by atoms with Crippen molar-refractivity contribution in [1.29, 1.82) is 0 Å². The quantitative estimate of drug-likeness (QED) is 0.586. The number of nitrogens with one attached hydrogen (secondary N) is 1. The van der Waals surface area contributed by atoms with Crippen LogP contribution in [0.1, 0.15) is 44.5 Å². The van der Waals surface area contributed by atoms with Gasteiger partial charge in [-0.3, -0.25) is 4.79 Å². The Hall–Kier alpha value is -1.00. The van der Waals surface area contributed by atoms with E-state index in [2.05, 4.69) is 19.2 Å². The molecule has 4 heteroatoms. The van der Waals surface area contributed by atoms with Crippen molar-refractivity contribution in [2.45, 2.75) is 50.4 Å². The minimum atomic E-state index is -0.00158. The Bertz CT molecular complexity index is 419. The van der Waals surface area contributed by atoms with E-state index in [1.54, 1.807) is 11.8 Å². The Morgan fingerprint density at radius 2 is 1.95 bits per heavy atom. The zero-order valence-corrected chi connectivity index (χ0v) is 13.6. The van der Waals surface area contributed by atoms with Gasteiger partial charge in [0.15, 0.2) is 0 Å². The van der Waals surface area contributed by atoms with Crippen LogP contribution in [0.25, 0.3) is 0 Å². The molecule has 112 valence electrons. The molecule has 0 saturated heterocycles. The fourth-order valence-corrected chi connectivity index (χ4v) is 2.65. The summed E-state index contributed by atoms with van der Waals surface area (Å²) in [5.41, 5.74) is 0.760. The molecule has 0 aliphatic rings. The zero-order chi connectivity index (χ0) is 15.0. The molecule has 1 aromatic carbocycles. The van der Waals surface area contributed by atoms with E-state index < -0.39 is 0 Å². The van der Waals surface area contributed by atoms with Gasteiger partial charge in [-0.1, -0.05) is 26.0 Å². The lowest BCUT2D eigenvalue weighted by atomic mass is 10.2. The summed E-state index contributed by atoms with van der Waals surface area (Å²) < 4.78 is 5.45.